The summed E-state index contributed by atoms with van der Waals surface area (Å²) in [5, 5.41) is 10.1. The summed E-state index contributed by atoms with van der Waals surface area (Å²) < 4.78 is 5.92. The van der Waals surface area contributed by atoms with Gasteiger partial charge >= 0.3 is 0 Å². The van der Waals surface area contributed by atoms with Gasteiger partial charge in [-0.3, -0.25) is 0 Å². The van der Waals surface area contributed by atoms with Gasteiger partial charge in [0.2, 0.25) is 0 Å². The molecule has 104 valence electrons. The number of nitrogens with zero attached hydrogens (tertiary/aromatic N) is 1. The lowest BCUT2D eigenvalue weighted by Gasteiger charge is -2.21. The fourth-order valence-corrected chi connectivity index (χ4v) is 3.23. The molecule has 3 heteroatoms. The first-order valence-corrected chi connectivity index (χ1v) is 7.43. The van der Waals surface area contributed by atoms with Gasteiger partial charge in [-0.2, -0.15) is 0 Å². The molecular weight excluding hydrogens is 238 g/mol. The van der Waals surface area contributed by atoms with E-state index in [1.807, 2.05) is 0 Å². The van der Waals surface area contributed by atoms with E-state index in [1.165, 1.54) is 24.0 Å². The summed E-state index contributed by atoms with van der Waals surface area (Å²) in [6, 6.07) is 8.49. The maximum atomic E-state index is 10.1. The number of hydrogen-bond donors (Lipinski definition) is 1. The van der Waals surface area contributed by atoms with E-state index >= 15 is 0 Å². The van der Waals surface area contributed by atoms with Crippen LogP contribution in [0.3, 0.4) is 0 Å². The summed E-state index contributed by atoms with van der Waals surface area (Å²) in [6.07, 6.45) is 4.52. The molecule has 1 heterocycles. The summed E-state index contributed by atoms with van der Waals surface area (Å²) in [6.45, 7) is 3.47. The second-order valence-electron chi connectivity index (χ2n) is 5.72. The van der Waals surface area contributed by atoms with Gasteiger partial charge in [0, 0.05) is 6.54 Å². The second kappa shape index (κ2) is 6.04. The largest absolute Gasteiger partial charge is 0.389 e. The van der Waals surface area contributed by atoms with Gasteiger partial charge in [0.15, 0.2) is 0 Å². The molecule has 0 spiro atoms. The van der Waals surface area contributed by atoms with Crippen LogP contribution >= 0.6 is 0 Å². The number of rotatable bonds is 5. The molecule has 1 aromatic rings. The SMILES string of the molecule is OC(COC1CCc2ccccc21)CN1CCCC1. The Morgan fingerprint density at radius 1 is 1.26 bits per heavy atom. The minimum absolute atomic E-state index is 0.185. The first kappa shape index (κ1) is 13.1. The number of likely N-dealkylation sites (tertiary alicyclic amines) is 1. The van der Waals surface area contributed by atoms with Crippen LogP contribution in [-0.2, 0) is 11.2 Å². The molecule has 3 rings (SSSR count). The van der Waals surface area contributed by atoms with Crippen molar-refractivity contribution < 1.29 is 9.84 Å². The van der Waals surface area contributed by atoms with Gasteiger partial charge in [0.25, 0.3) is 0 Å². The summed E-state index contributed by atoms with van der Waals surface area (Å²) >= 11 is 0. The van der Waals surface area contributed by atoms with E-state index in [1.54, 1.807) is 0 Å². The number of ether oxygens (including phenoxy) is 1. The minimum Gasteiger partial charge on any atom is -0.389 e. The Labute approximate surface area is 115 Å². The van der Waals surface area contributed by atoms with E-state index in [4.69, 9.17) is 4.74 Å². The molecule has 3 nitrogen and oxygen atoms in total. The number of hydrogen-bond acceptors (Lipinski definition) is 3. The average Bonchev–Trinajstić information content (AvgIpc) is 3.05. The van der Waals surface area contributed by atoms with Gasteiger partial charge in [0.05, 0.1) is 18.8 Å². The molecule has 0 bridgehead atoms. The Hall–Kier alpha value is -0.900. The molecule has 1 N–H and O–H groups in total. The molecule has 1 fully saturated rings. The molecule has 19 heavy (non-hydrogen) atoms. The van der Waals surface area contributed by atoms with Gasteiger partial charge in [-0.25, -0.2) is 0 Å². The Kier molecular flexibility index (Phi) is 4.16. The molecule has 1 aliphatic heterocycles. The summed E-state index contributed by atoms with van der Waals surface area (Å²) in [5.41, 5.74) is 2.72. The molecule has 0 aromatic heterocycles. The van der Waals surface area contributed by atoms with Crippen molar-refractivity contribution in [3.05, 3.63) is 35.4 Å². The van der Waals surface area contributed by atoms with Crippen LogP contribution in [0.15, 0.2) is 24.3 Å². The number of fused-ring (bicyclic) bond motifs is 1. The number of aryl methyl sites for hydroxylation is 1. The first-order valence-electron chi connectivity index (χ1n) is 7.43. The zero-order valence-corrected chi connectivity index (χ0v) is 11.4. The van der Waals surface area contributed by atoms with Crippen molar-refractivity contribution in [2.24, 2.45) is 0 Å². The van der Waals surface area contributed by atoms with Crippen molar-refractivity contribution in [3.8, 4) is 0 Å². The van der Waals surface area contributed by atoms with Gasteiger partial charge in [-0.1, -0.05) is 24.3 Å². The Bertz CT molecular complexity index is 415. The normalized spacial score (nSPS) is 24.6. The summed E-state index contributed by atoms with van der Waals surface area (Å²) in [4.78, 5) is 2.33. The highest BCUT2D eigenvalue weighted by Gasteiger charge is 2.24. The van der Waals surface area contributed by atoms with Crippen LogP contribution in [0.2, 0.25) is 0 Å². The maximum Gasteiger partial charge on any atom is 0.0900 e. The third-order valence-corrected chi connectivity index (χ3v) is 4.24. The lowest BCUT2D eigenvalue weighted by atomic mass is 10.1. The molecule has 2 aliphatic rings. The maximum absolute atomic E-state index is 10.1. The molecule has 1 aromatic carbocycles. The van der Waals surface area contributed by atoms with Crippen molar-refractivity contribution in [2.45, 2.75) is 37.9 Å². The molecule has 0 amide bonds. The zero-order valence-electron chi connectivity index (χ0n) is 11.4. The Balaban J connectivity index is 1.47. The topological polar surface area (TPSA) is 32.7 Å². The predicted octanol–water partition coefficient (Wildman–Crippen LogP) is 2.15. The predicted molar refractivity (Wildman–Crippen MR) is 75.1 cm³/mol. The highest BCUT2D eigenvalue weighted by atomic mass is 16.5. The van der Waals surface area contributed by atoms with Crippen LogP contribution in [0.1, 0.15) is 36.5 Å². The number of aliphatic hydroxyl groups is 1. The molecular formula is C16H23NO2. The fourth-order valence-electron chi connectivity index (χ4n) is 3.23. The fraction of sp³-hybridized carbons (Fsp3) is 0.625. The van der Waals surface area contributed by atoms with Gasteiger partial charge < -0.3 is 14.7 Å². The van der Waals surface area contributed by atoms with Crippen LogP contribution in [0.25, 0.3) is 0 Å². The third kappa shape index (κ3) is 3.16. The lowest BCUT2D eigenvalue weighted by molar-refractivity contribution is -0.0193. The van der Waals surface area contributed by atoms with Gasteiger partial charge in [0.1, 0.15) is 0 Å². The molecule has 0 saturated carbocycles. The molecule has 0 radical (unpaired) electrons. The monoisotopic (exact) mass is 261 g/mol. The quantitative estimate of drug-likeness (QED) is 0.881. The molecule has 1 aliphatic carbocycles. The van der Waals surface area contributed by atoms with Gasteiger partial charge in [-0.15, -0.1) is 0 Å². The smallest absolute Gasteiger partial charge is 0.0900 e. The van der Waals surface area contributed by atoms with Crippen LogP contribution in [0.5, 0.6) is 0 Å². The van der Waals surface area contributed by atoms with Crippen molar-refractivity contribution in [1.82, 2.24) is 4.90 Å². The van der Waals surface area contributed by atoms with Crippen molar-refractivity contribution >= 4 is 0 Å². The zero-order chi connectivity index (χ0) is 13.1. The van der Waals surface area contributed by atoms with Crippen LogP contribution in [0.4, 0.5) is 0 Å². The third-order valence-electron chi connectivity index (χ3n) is 4.24. The highest BCUT2D eigenvalue weighted by Crippen LogP contribution is 2.33. The highest BCUT2D eigenvalue weighted by molar-refractivity contribution is 5.33. The van der Waals surface area contributed by atoms with E-state index in [0.717, 1.165) is 32.5 Å². The Morgan fingerprint density at radius 3 is 2.89 bits per heavy atom. The standard InChI is InChI=1S/C16H23NO2/c18-14(11-17-9-3-4-10-17)12-19-16-8-7-13-5-1-2-6-15(13)16/h1-2,5-6,14,16,18H,3-4,7-12H2. The molecule has 2 atom stereocenters. The van der Waals surface area contributed by atoms with Crippen LogP contribution < -0.4 is 0 Å². The average molecular weight is 261 g/mol. The minimum atomic E-state index is -0.356. The van der Waals surface area contributed by atoms with E-state index < -0.39 is 0 Å². The lowest BCUT2D eigenvalue weighted by Crippen LogP contribution is -2.33. The van der Waals surface area contributed by atoms with E-state index in [-0.39, 0.29) is 12.2 Å². The van der Waals surface area contributed by atoms with Gasteiger partial charge in [-0.05, 0) is 49.9 Å². The van der Waals surface area contributed by atoms with Crippen molar-refractivity contribution in [2.75, 3.05) is 26.2 Å². The number of benzene rings is 1. The van der Waals surface area contributed by atoms with Crippen molar-refractivity contribution in [3.63, 3.8) is 0 Å². The number of β-amino-alcohol motifs (C(OH)–C–C–N with tert-alkyl or cyclic N) is 1. The van der Waals surface area contributed by atoms with E-state index in [2.05, 4.69) is 29.2 Å². The molecule has 2 unspecified atom stereocenters. The van der Waals surface area contributed by atoms with Crippen LogP contribution in [0, 0.1) is 0 Å². The second-order valence-corrected chi connectivity index (χ2v) is 5.72. The first-order chi connectivity index (χ1) is 9.33. The van der Waals surface area contributed by atoms with Crippen molar-refractivity contribution in [1.29, 1.82) is 0 Å². The number of aliphatic hydroxyl groups excluding tert-OH is 1. The summed E-state index contributed by atoms with van der Waals surface area (Å²) in [7, 11) is 0. The van der Waals surface area contributed by atoms with E-state index in [0.29, 0.717) is 6.61 Å². The molecule has 1 saturated heterocycles. The Morgan fingerprint density at radius 2 is 2.05 bits per heavy atom. The summed E-state index contributed by atoms with van der Waals surface area (Å²) in [5.74, 6) is 0. The van der Waals surface area contributed by atoms with E-state index in [9.17, 15) is 5.11 Å². The van der Waals surface area contributed by atoms with Crippen LogP contribution in [-0.4, -0.2) is 42.4 Å².